The maximum absolute atomic E-state index is 12.2. The highest BCUT2D eigenvalue weighted by Crippen LogP contribution is 2.16. The first-order valence-corrected chi connectivity index (χ1v) is 6.77. The highest BCUT2D eigenvalue weighted by atomic mass is 16.2. The molecule has 1 amide bonds. The Hall–Kier alpha value is -2.14. The normalized spacial score (nSPS) is 15.1. The number of aromatic nitrogens is 1. The molecule has 0 aliphatic carbocycles. The van der Waals surface area contributed by atoms with E-state index in [1.807, 2.05) is 31.2 Å². The first-order valence-electron chi connectivity index (χ1n) is 6.77. The van der Waals surface area contributed by atoms with Crippen molar-refractivity contribution in [3.05, 3.63) is 45.7 Å². The van der Waals surface area contributed by atoms with Crippen molar-refractivity contribution in [3.63, 3.8) is 0 Å². The average molecular weight is 271 g/mol. The number of benzene rings is 1. The zero-order chi connectivity index (χ0) is 14.1. The van der Waals surface area contributed by atoms with Crippen LogP contribution in [0, 0.1) is 12.8 Å². The first kappa shape index (κ1) is 12.9. The molecule has 1 aliphatic rings. The van der Waals surface area contributed by atoms with Crippen molar-refractivity contribution >= 4 is 16.8 Å². The molecule has 3 N–H and O–H groups in total. The predicted octanol–water partition coefficient (Wildman–Crippen LogP) is 0.786. The summed E-state index contributed by atoms with van der Waals surface area (Å²) in [5, 5.41) is 6.91. The summed E-state index contributed by atoms with van der Waals surface area (Å²) in [5.74, 6) is 0.181. The van der Waals surface area contributed by atoms with Crippen LogP contribution in [0.25, 0.3) is 10.9 Å². The molecule has 1 aliphatic heterocycles. The van der Waals surface area contributed by atoms with Crippen LogP contribution < -0.4 is 16.2 Å². The van der Waals surface area contributed by atoms with Crippen molar-refractivity contribution in [2.24, 2.45) is 5.92 Å². The molecule has 1 fully saturated rings. The van der Waals surface area contributed by atoms with Crippen molar-refractivity contribution in [2.45, 2.75) is 6.92 Å². The molecule has 2 heterocycles. The number of carbonyl (C=O) groups excluding carboxylic acids is 1. The molecule has 1 aromatic heterocycles. The molecule has 0 spiro atoms. The third-order valence-corrected chi connectivity index (χ3v) is 3.83. The number of hydrogen-bond donors (Lipinski definition) is 3. The van der Waals surface area contributed by atoms with E-state index in [0.717, 1.165) is 29.6 Å². The molecule has 1 saturated heterocycles. The number of amides is 1. The van der Waals surface area contributed by atoms with Crippen LogP contribution in [-0.4, -0.2) is 30.5 Å². The van der Waals surface area contributed by atoms with Crippen LogP contribution in [0.2, 0.25) is 0 Å². The van der Waals surface area contributed by atoms with Crippen molar-refractivity contribution < 1.29 is 4.79 Å². The number of pyridine rings is 1. The molecular weight excluding hydrogens is 254 g/mol. The molecule has 3 rings (SSSR count). The Morgan fingerprint density at radius 2 is 2.10 bits per heavy atom. The molecular formula is C15H17N3O2. The lowest BCUT2D eigenvalue weighted by Crippen LogP contribution is -2.48. The van der Waals surface area contributed by atoms with Crippen LogP contribution in [-0.2, 0) is 0 Å². The molecule has 5 nitrogen and oxygen atoms in total. The molecule has 0 saturated carbocycles. The van der Waals surface area contributed by atoms with Gasteiger partial charge in [0, 0.05) is 36.5 Å². The number of hydrogen-bond acceptors (Lipinski definition) is 3. The van der Waals surface area contributed by atoms with Gasteiger partial charge in [0.25, 0.3) is 11.5 Å². The van der Waals surface area contributed by atoms with Gasteiger partial charge in [0.15, 0.2) is 0 Å². The van der Waals surface area contributed by atoms with Crippen LogP contribution in [0.5, 0.6) is 0 Å². The monoisotopic (exact) mass is 271 g/mol. The van der Waals surface area contributed by atoms with E-state index in [1.54, 1.807) is 0 Å². The second-order valence-electron chi connectivity index (χ2n) is 5.23. The fourth-order valence-corrected chi connectivity index (χ4v) is 2.50. The Morgan fingerprint density at radius 3 is 2.80 bits per heavy atom. The maximum atomic E-state index is 12.2. The molecule has 5 heteroatoms. The Balaban J connectivity index is 1.93. The second-order valence-corrected chi connectivity index (χ2v) is 5.23. The number of carbonyl (C=O) groups is 1. The van der Waals surface area contributed by atoms with Gasteiger partial charge < -0.3 is 15.6 Å². The fraction of sp³-hybridized carbons (Fsp3) is 0.333. The summed E-state index contributed by atoms with van der Waals surface area (Å²) < 4.78 is 0. The Morgan fingerprint density at radius 1 is 1.35 bits per heavy atom. The lowest BCUT2D eigenvalue weighted by molar-refractivity contribution is 0.0940. The summed E-state index contributed by atoms with van der Waals surface area (Å²) in [6.07, 6.45) is 0. The minimum atomic E-state index is -0.328. The number of para-hydroxylation sites is 1. The van der Waals surface area contributed by atoms with Gasteiger partial charge in [-0.25, -0.2) is 0 Å². The summed E-state index contributed by atoms with van der Waals surface area (Å²) in [5.41, 5.74) is 1.38. The van der Waals surface area contributed by atoms with Crippen molar-refractivity contribution in [1.82, 2.24) is 15.6 Å². The summed E-state index contributed by atoms with van der Waals surface area (Å²) in [7, 11) is 0. The molecule has 104 valence electrons. The number of nitrogens with one attached hydrogen (secondary N) is 3. The third kappa shape index (κ3) is 2.20. The quantitative estimate of drug-likeness (QED) is 0.772. The van der Waals surface area contributed by atoms with Gasteiger partial charge in [-0.2, -0.15) is 0 Å². The number of H-pyrrole nitrogens is 1. The van der Waals surface area contributed by atoms with E-state index in [-0.39, 0.29) is 17.0 Å². The smallest absolute Gasteiger partial charge is 0.261 e. The molecule has 1 aromatic carbocycles. The van der Waals surface area contributed by atoms with Gasteiger partial charge in [-0.1, -0.05) is 18.2 Å². The van der Waals surface area contributed by atoms with E-state index >= 15 is 0 Å². The average Bonchev–Trinajstić information content (AvgIpc) is 2.37. The van der Waals surface area contributed by atoms with Crippen LogP contribution in [0.4, 0.5) is 0 Å². The van der Waals surface area contributed by atoms with Gasteiger partial charge >= 0.3 is 0 Å². The van der Waals surface area contributed by atoms with Crippen molar-refractivity contribution in [3.8, 4) is 0 Å². The Kier molecular flexibility index (Phi) is 3.28. The summed E-state index contributed by atoms with van der Waals surface area (Å²) >= 11 is 0. The van der Waals surface area contributed by atoms with Gasteiger partial charge in [0.2, 0.25) is 0 Å². The largest absolute Gasteiger partial charge is 0.351 e. The minimum Gasteiger partial charge on any atom is -0.351 e. The standard InChI is InChI=1S/C15H17N3O2/c1-9-11-4-2-3-5-12(11)18-15(20)13(9)14(19)17-8-10-6-16-7-10/h2-5,10,16H,6-8H2,1H3,(H,17,19)(H,18,20). The van der Waals surface area contributed by atoms with E-state index in [1.165, 1.54) is 0 Å². The van der Waals surface area contributed by atoms with E-state index < -0.39 is 0 Å². The van der Waals surface area contributed by atoms with Crippen LogP contribution in [0.3, 0.4) is 0 Å². The number of fused-ring (bicyclic) bond motifs is 1. The molecule has 20 heavy (non-hydrogen) atoms. The zero-order valence-electron chi connectivity index (χ0n) is 11.3. The third-order valence-electron chi connectivity index (χ3n) is 3.83. The van der Waals surface area contributed by atoms with Gasteiger partial charge in [-0.15, -0.1) is 0 Å². The van der Waals surface area contributed by atoms with Gasteiger partial charge in [0.1, 0.15) is 5.56 Å². The maximum Gasteiger partial charge on any atom is 0.261 e. The number of aryl methyl sites for hydroxylation is 1. The van der Waals surface area contributed by atoms with E-state index in [4.69, 9.17) is 0 Å². The molecule has 2 aromatic rings. The fourth-order valence-electron chi connectivity index (χ4n) is 2.50. The zero-order valence-corrected chi connectivity index (χ0v) is 11.3. The van der Waals surface area contributed by atoms with Crippen molar-refractivity contribution in [2.75, 3.05) is 19.6 Å². The first-order chi connectivity index (χ1) is 9.66. The lowest BCUT2D eigenvalue weighted by Gasteiger charge is -2.27. The molecule has 0 atom stereocenters. The van der Waals surface area contributed by atoms with Crippen molar-refractivity contribution in [1.29, 1.82) is 0 Å². The van der Waals surface area contributed by atoms with Gasteiger partial charge in [-0.3, -0.25) is 9.59 Å². The Bertz CT molecular complexity index is 717. The van der Waals surface area contributed by atoms with E-state index in [2.05, 4.69) is 15.6 Å². The second kappa shape index (κ2) is 5.09. The highest BCUT2D eigenvalue weighted by Gasteiger charge is 2.20. The SMILES string of the molecule is Cc1c(C(=O)NCC2CNC2)c(=O)[nH]c2ccccc12. The number of aromatic amines is 1. The van der Waals surface area contributed by atoms with Gasteiger partial charge in [-0.05, 0) is 18.6 Å². The topological polar surface area (TPSA) is 74.0 Å². The predicted molar refractivity (Wildman–Crippen MR) is 78.0 cm³/mol. The van der Waals surface area contributed by atoms with E-state index in [9.17, 15) is 9.59 Å². The number of rotatable bonds is 3. The Labute approximate surface area is 116 Å². The highest BCUT2D eigenvalue weighted by molar-refractivity contribution is 5.99. The minimum absolute atomic E-state index is 0.219. The van der Waals surface area contributed by atoms with Crippen LogP contribution in [0.1, 0.15) is 15.9 Å². The molecule has 0 bridgehead atoms. The molecule has 0 unspecified atom stereocenters. The van der Waals surface area contributed by atoms with E-state index in [0.29, 0.717) is 12.5 Å². The van der Waals surface area contributed by atoms with Gasteiger partial charge in [0.05, 0.1) is 0 Å². The summed E-state index contributed by atoms with van der Waals surface area (Å²) in [4.78, 5) is 27.1. The van der Waals surface area contributed by atoms with Crippen LogP contribution >= 0.6 is 0 Å². The lowest BCUT2D eigenvalue weighted by atomic mass is 10.0. The van der Waals surface area contributed by atoms with Crippen LogP contribution in [0.15, 0.2) is 29.1 Å². The summed E-state index contributed by atoms with van der Waals surface area (Å²) in [6.45, 7) is 4.27. The summed E-state index contributed by atoms with van der Waals surface area (Å²) in [6, 6.07) is 7.51. The molecule has 0 radical (unpaired) electrons.